The summed E-state index contributed by atoms with van der Waals surface area (Å²) in [5, 5.41) is 10.3. The van der Waals surface area contributed by atoms with Crippen LogP contribution in [0.2, 0.25) is 10.0 Å². The first-order valence-electron chi connectivity index (χ1n) is 6.56. The van der Waals surface area contributed by atoms with Crippen molar-refractivity contribution in [3.05, 3.63) is 33.8 Å². The van der Waals surface area contributed by atoms with Crippen molar-refractivity contribution >= 4 is 29.2 Å². The zero-order valence-corrected chi connectivity index (χ0v) is 12.9. The van der Waals surface area contributed by atoms with Gasteiger partial charge in [0.05, 0.1) is 6.42 Å². The standard InChI is InChI=1S/C14H18Cl2N2O2/c1-17-4-6-18(7-5-17)13(9-14(19)20)11-3-2-10(15)8-12(11)16/h2-3,8,13H,4-7,9H2,1H3,(H,19,20). The number of aliphatic carboxylic acids is 1. The van der Waals surface area contributed by atoms with E-state index in [1.54, 1.807) is 12.1 Å². The molecule has 1 aromatic rings. The van der Waals surface area contributed by atoms with Crippen LogP contribution in [0.5, 0.6) is 0 Å². The molecule has 1 fully saturated rings. The van der Waals surface area contributed by atoms with Crippen LogP contribution >= 0.6 is 23.2 Å². The van der Waals surface area contributed by atoms with Gasteiger partial charge in [-0.25, -0.2) is 0 Å². The molecule has 4 nitrogen and oxygen atoms in total. The number of likely N-dealkylation sites (N-methyl/N-ethyl adjacent to an activating group) is 1. The third kappa shape index (κ3) is 3.85. The fraction of sp³-hybridized carbons (Fsp3) is 0.500. The van der Waals surface area contributed by atoms with Crippen LogP contribution in [-0.4, -0.2) is 54.1 Å². The third-order valence-corrected chi connectivity index (χ3v) is 4.23. The van der Waals surface area contributed by atoms with E-state index in [0.29, 0.717) is 10.0 Å². The van der Waals surface area contributed by atoms with E-state index in [2.05, 4.69) is 16.8 Å². The monoisotopic (exact) mass is 316 g/mol. The molecule has 1 aromatic carbocycles. The van der Waals surface area contributed by atoms with Crippen LogP contribution in [0.4, 0.5) is 0 Å². The van der Waals surface area contributed by atoms with Gasteiger partial charge in [-0.3, -0.25) is 9.69 Å². The van der Waals surface area contributed by atoms with Crippen molar-refractivity contribution in [2.24, 2.45) is 0 Å². The van der Waals surface area contributed by atoms with Crippen molar-refractivity contribution in [1.82, 2.24) is 9.80 Å². The number of benzene rings is 1. The Labute approximate surface area is 128 Å². The molecule has 0 bridgehead atoms. The van der Waals surface area contributed by atoms with Gasteiger partial charge in [0.15, 0.2) is 0 Å². The smallest absolute Gasteiger partial charge is 0.305 e. The molecule has 1 saturated heterocycles. The molecule has 1 atom stereocenters. The van der Waals surface area contributed by atoms with Crippen LogP contribution in [0.3, 0.4) is 0 Å². The number of hydrogen-bond acceptors (Lipinski definition) is 3. The number of nitrogens with zero attached hydrogens (tertiary/aromatic N) is 2. The van der Waals surface area contributed by atoms with Crippen LogP contribution < -0.4 is 0 Å². The highest BCUT2D eigenvalue weighted by molar-refractivity contribution is 6.35. The Hall–Kier alpha value is -0.810. The third-order valence-electron chi connectivity index (χ3n) is 3.67. The number of halogens is 2. The van der Waals surface area contributed by atoms with E-state index in [4.69, 9.17) is 28.3 Å². The van der Waals surface area contributed by atoms with E-state index in [1.165, 1.54) is 0 Å². The lowest BCUT2D eigenvalue weighted by Crippen LogP contribution is -2.46. The van der Waals surface area contributed by atoms with Gasteiger partial charge >= 0.3 is 5.97 Å². The van der Waals surface area contributed by atoms with E-state index >= 15 is 0 Å². The number of carboxylic acids is 1. The largest absolute Gasteiger partial charge is 0.481 e. The van der Waals surface area contributed by atoms with Crippen molar-refractivity contribution in [2.75, 3.05) is 33.2 Å². The normalized spacial score (nSPS) is 18.9. The topological polar surface area (TPSA) is 43.8 Å². The highest BCUT2D eigenvalue weighted by Crippen LogP contribution is 2.32. The second-order valence-electron chi connectivity index (χ2n) is 5.12. The van der Waals surface area contributed by atoms with E-state index in [1.807, 2.05) is 6.07 Å². The molecule has 0 aliphatic carbocycles. The Morgan fingerprint density at radius 3 is 2.50 bits per heavy atom. The highest BCUT2D eigenvalue weighted by atomic mass is 35.5. The Kier molecular flexibility index (Phi) is 5.27. The molecule has 110 valence electrons. The molecule has 1 aliphatic rings. The number of rotatable bonds is 4. The predicted molar refractivity (Wildman–Crippen MR) is 80.5 cm³/mol. The number of carboxylic acid groups (broad SMARTS) is 1. The van der Waals surface area contributed by atoms with Gasteiger partial charge in [0.2, 0.25) is 0 Å². The second-order valence-corrected chi connectivity index (χ2v) is 5.96. The molecule has 0 radical (unpaired) electrons. The minimum absolute atomic E-state index is 0.0467. The van der Waals surface area contributed by atoms with E-state index in [-0.39, 0.29) is 12.5 Å². The van der Waals surface area contributed by atoms with E-state index < -0.39 is 5.97 Å². The molecule has 1 N–H and O–H groups in total. The minimum atomic E-state index is -0.819. The molecule has 20 heavy (non-hydrogen) atoms. The second kappa shape index (κ2) is 6.76. The molecule has 6 heteroatoms. The summed E-state index contributed by atoms with van der Waals surface area (Å²) < 4.78 is 0. The van der Waals surface area contributed by atoms with Gasteiger partial charge in [0.1, 0.15) is 0 Å². The summed E-state index contributed by atoms with van der Waals surface area (Å²) in [5.74, 6) is -0.819. The maximum Gasteiger partial charge on any atom is 0.305 e. The molecular weight excluding hydrogens is 299 g/mol. The van der Waals surface area contributed by atoms with Crippen LogP contribution in [0.25, 0.3) is 0 Å². The molecule has 1 unspecified atom stereocenters. The number of carbonyl (C=O) groups is 1. The number of hydrogen-bond donors (Lipinski definition) is 1. The molecule has 0 saturated carbocycles. The molecule has 0 amide bonds. The molecule has 2 rings (SSSR count). The fourth-order valence-electron chi connectivity index (χ4n) is 2.51. The molecule has 0 aromatic heterocycles. The van der Waals surface area contributed by atoms with Crippen molar-refractivity contribution in [3.63, 3.8) is 0 Å². The molecule has 1 aliphatic heterocycles. The lowest BCUT2D eigenvalue weighted by molar-refractivity contribution is -0.138. The first-order valence-corrected chi connectivity index (χ1v) is 7.32. The average Bonchev–Trinajstić information content (AvgIpc) is 2.37. The summed E-state index contributed by atoms with van der Waals surface area (Å²) in [4.78, 5) is 15.6. The van der Waals surface area contributed by atoms with E-state index in [0.717, 1.165) is 31.7 Å². The van der Waals surface area contributed by atoms with Gasteiger partial charge in [-0.15, -0.1) is 0 Å². The fourth-order valence-corrected chi connectivity index (χ4v) is 3.04. The van der Waals surface area contributed by atoms with Crippen molar-refractivity contribution in [1.29, 1.82) is 0 Å². The predicted octanol–water partition coefficient (Wildman–Crippen LogP) is 2.76. The molecular formula is C14H18Cl2N2O2. The lowest BCUT2D eigenvalue weighted by Gasteiger charge is -2.38. The van der Waals surface area contributed by atoms with Crippen LogP contribution in [-0.2, 0) is 4.79 Å². The van der Waals surface area contributed by atoms with Crippen LogP contribution in [0.15, 0.2) is 18.2 Å². The van der Waals surface area contributed by atoms with Gasteiger partial charge in [-0.1, -0.05) is 29.3 Å². The van der Waals surface area contributed by atoms with Crippen molar-refractivity contribution in [2.45, 2.75) is 12.5 Å². The Morgan fingerprint density at radius 2 is 1.95 bits per heavy atom. The summed E-state index contributed by atoms with van der Waals surface area (Å²) in [6, 6.07) is 5.05. The van der Waals surface area contributed by atoms with Gasteiger partial charge < -0.3 is 10.0 Å². The summed E-state index contributed by atoms with van der Waals surface area (Å²) in [7, 11) is 2.07. The SMILES string of the molecule is CN1CCN(C(CC(=O)O)c2ccc(Cl)cc2Cl)CC1. The number of piperazine rings is 1. The molecule has 0 spiro atoms. The zero-order valence-electron chi connectivity index (χ0n) is 11.4. The summed E-state index contributed by atoms with van der Waals surface area (Å²) in [6.07, 6.45) is 0.0467. The van der Waals surface area contributed by atoms with Crippen molar-refractivity contribution in [3.8, 4) is 0 Å². The maximum atomic E-state index is 11.2. The Morgan fingerprint density at radius 1 is 1.30 bits per heavy atom. The highest BCUT2D eigenvalue weighted by Gasteiger charge is 2.27. The van der Waals surface area contributed by atoms with Gasteiger partial charge in [-0.2, -0.15) is 0 Å². The zero-order chi connectivity index (χ0) is 14.7. The lowest BCUT2D eigenvalue weighted by atomic mass is 10.0. The maximum absolute atomic E-state index is 11.2. The van der Waals surface area contributed by atoms with Gasteiger partial charge in [0.25, 0.3) is 0 Å². The molecule has 1 heterocycles. The average molecular weight is 317 g/mol. The first kappa shape index (κ1) is 15.6. The first-order chi connectivity index (χ1) is 9.47. The Balaban J connectivity index is 2.24. The summed E-state index contributed by atoms with van der Waals surface area (Å²) in [6.45, 7) is 3.55. The van der Waals surface area contributed by atoms with Gasteiger partial charge in [-0.05, 0) is 24.7 Å². The van der Waals surface area contributed by atoms with Crippen molar-refractivity contribution < 1.29 is 9.90 Å². The minimum Gasteiger partial charge on any atom is -0.481 e. The van der Waals surface area contributed by atoms with E-state index in [9.17, 15) is 4.79 Å². The summed E-state index contributed by atoms with van der Waals surface area (Å²) in [5.41, 5.74) is 0.836. The summed E-state index contributed by atoms with van der Waals surface area (Å²) >= 11 is 12.2. The quantitative estimate of drug-likeness (QED) is 0.927. The Bertz CT molecular complexity index is 488. The van der Waals surface area contributed by atoms with Gasteiger partial charge in [0, 0.05) is 42.3 Å². The van der Waals surface area contributed by atoms with Crippen LogP contribution in [0, 0.1) is 0 Å². The van der Waals surface area contributed by atoms with Crippen LogP contribution in [0.1, 0.15) is 18.0 Å².